The standard InChI is InChI=1S/C62H47N/c1-61(2,3)49-31-43-16-12-39-27-47(28-40-13-17-44(32-49)58(43)56(39)40)36-20-23-52-38(26-36)22-25-54-53-24-21-37(35-55(53)63(60(52)54)51-10-8-7-9-11-51)48-29-41-14-18-45-33-50(62(4,5)6)34-46-19-15-42(30-48)57(41)59(45)46/h7-35H,1-6H3. The Morgan fingerprint density at radius 1 is 0.302 bits per heavy atom. The van der Waals surface area contributed by atoms with E-state index < -0.39 is 0 Å². The summed E-state index contributed by atoms with van der Waals surface area (Å²) in [6.07, 6.45) is 0. The average Bonchev–Trinajstić information content (AvgIpc) is 3.63. The van der Waals surface area contributed by atoms with Crippen LogP contribution in [0.15, 0.2) is 176 Å². The van der Waals surface area contributed by atoms with Gasteiger partial charge in [0, 0.05) is 21.8 Å². The van der Waals surface area contributed by atoms with Crippen LogP contribution in [0, 0.1) is 0 Å². The van der Waals surface area contributed by atoms with E-state index in [2.05, 4.69) is 222 Å². The number of nitrogens with zero attached hydrogens (tertiary/aromatic N) is 1. The second-order valence-electron chi connectivity index (χ2n) is 20.3. The first-order valence-electron chi connectivity index (χ1n) is 22.5. The Morgan fingerprint density at radius 3 is 1.11 bits per heavy atom. The van der Waals surface area contributed by atoms with Gasteiger partial charge in [-0.3, -0.25) is 0 Å². The summed E-state index contributed by atoms with van der Waals surface area (Å²) in [6, 6.07) is 67.4. The van der Waals surface area contributed by atoms with Crippen LogP contribution in [0.4, 0.5) is 0 Å². The van der Waals surface area contributed by atoms with Crippen LogP contribution in [0.5, 0.6) is 0 Å². The Kier molecular flexibility index (Phi) is 7.33. The number of benzene rings is 12. The minimum Gasteiger partial charge on any atom is -0.309 e. The molecule has 0 aliphatic rings. The molecule has 1 aromatic heterocycles. The van der Waals surface area contributed by atoms with Crippen molar-refractivity contribution in [2.24, 2.45) is 0 Å². The van der Waals surface area contributed by atoms with Gasteiger partial charge in [0.15, 0.2) is 0 Å². The number of hydrogen-bond donors (Lipinski definition) is 0. The van der Waals surface area contributed by atoms with Gasteiger partial charge < -0.3 is 4.57 Å². The predicted octanol–water partition coefficient (Wildman–Crippen LogP) is 17.7. The number of fused-ring (bicyclic) bond motifs is 5. The monoisotopic (exact) mass is 805 g/mol. The molecular weight excluding hydrogens is 759 g/mol. The topological polar surface area (TPSA) is 4.93 Å². The molecule has 0 aliphatic heterocycles. The van der Waals surface area contributed by atoms with Gasteiger partial charge in [0.1, 0.15) is 0 Å². The lowest BCUT2D eigenvalue weighted by Crippen LogP contribution is -2.10. The summed E-state index contributed by atoms with van der Waals surface area (Å²) in [5.41, 5.74) is 11.5. The van der Waals surface area contributed by atoms with Crippen LogP contribution in [0.25, 0.3) is 125 Å². The highest BCUT2D eigenvalue weighted by Crippen LogP contribution is 2.44. The molecule has 0 atom stereocenters. The Morgan fingerprint density at radius 2 is 0.667 bits per heavy atom. The van der Waals surface area contributed by atoms with Crippen molar-refractivity contribution in [3.63, 3.8) is 0 Å². The molecule has 1 heterocycles. The highest BCUT2D eigenvalue weighted by molar-refractivity contribution is 6.26. The van der Waals surface area contributed by atoms with E-state index in [0.29, 0.717) is 0 Å². The first-order chi connectivity index (χ1) is 30.4. The first-order valence-corrected chi connectivity index (χ1v) is 22.5. The van der Waals surface area contributed by atoms with E-state index in [4.69, 9.17) is 0 Å². The largest absolute Gasteiger partial charge is 0.309 e. The summed E-state index contributed by atoms with van der Waals surface area (Å²) < 4.78 is 2.49. The van der Waals surface area contributed by atoms with Crippen LogP contribution < -0.4 is 0 Å². The van der Waals surface area contributed by atoms with Crippen LogP contribution in [-0.4, -0.2) is 4.57 Å². The molecular formula is C62H47N. The predicted molar refractivity (Wildman–Crippen MR) is 274 cm³/mol. The van der Waals surface area contributed by atoms with Crippen LogP contribution in [0.2, 0.25) is 0 Å². The number of aromatic nitrogens is 1. The zero-order chi connectivity index (χ0) is 42.5. The second-order valence-corrected chi connectivity index (χ2v) is 20.3. The maximum atomic E-state index is 2.49. The molecule has 0 bridgehead atoms. The Bertz CT molecular complexity index is 3880. The zero-order valence-electron chi connectivity index (χ0n) is 36.7. The first kappa shape index (κ1) is 36.4. The van der Waals surface area contributed by atoms with Gasteiger partial charge in [-0.15, -0.1) is 0 Å². The van der Waals surface area contributed by atoms with Crippen molar-refractivity contribution in [2.75, 3.05) is 0 Å². The molecule has 0 aliphatic carbocycles. The summed E-state index contributed by atoms with van der Waals surface area (Å²) in [6.45, 7) is 13.8. The van der Waals surface area contributed by atoms with Crippen molar-refractivity contribution < 1.29 is 0 Å². The van der Waals surface area contributed by atoms with E-state index in [1.807, 2.05) is 0 Å². The zero-order valence-corrected chi connectivity index (χ0v) is 36.7. The Labute approximate surface area is 367 Å². The molecule has 0 fully saturated rings. The normalized spacial score (nSPS) is 12.9. The van der Waals surface area contributed by atoms with Gasteiger partial charge in [0.25, 0.3) is 0 Å². The highest BCUT2D eigenvalue weighted by Gasteiger charge is 2.21. The second kappa shape index (κ2) is 12.7. The molecule has 0 saturated carbocycles. The third kappa shape index (κ3) is 5.42. The van der Waals surface area contributed by atoms with Crippen LogP contribution in [-0.2, 0) is 10.8 Å². The van der Waals surface area contributed by atoms with Gasteiger partial charge >= 0.3 is 0 Å². The van der Waals surface area contributed by atoms with E-state index in [0.717, 1.165) is 5.69 Å². The SMILES string of the molecule is CC(C)(C)c1cc2ccc3cc(-c4ccc5c(ccc6c7ccc(-c8cc9ccc%10cc(C(C)(C)C)cc%11ccc(c8)c9c%10%11)cc7n(-c7ccccc7)c56)c4)cc4ccc(c1)c2c34. The third-order valence-electron chi connectivity index (χ3n) is 14.2. The van der Waals surface area contributed by atoms with Crippen molar-refractivity contribution in [1.82, 2.24) is 4.57 Å². The van der Waals surface area contributed by atoms with Crippen LogP contribution >= 0.6 is 0 Å². The quantitative estimate of drug-likeness (QED) is 0.157. The summed E-state index contributed by atoms with van der Waals surface area (Å²) in [5, 5.41) is 20.9. The van der Waals surface area contributed by atoms with Gasteiger partial charge in [-0.2, -0.15) is 0 Å². The average molecular weight is 806 g/mol. The molecule has 300 valence electrons. The highest BCUT2D eigenvalue weighted by atomic mass is 15.0. The van der Waals surface area contributed by atoms with Gasteiger partial charge in [-0.1, -0.05) is 169 Å². The van der Waals surface area contributed by atoms with Crippen molar-refractivity contribution in [1.29, 1.82) is 0 Å². The number of para-hydroxylation sites is 1. The fraction of sp³-hybridized carbons (Fsp3) is 0.129. The van der Waals surface area contributed by atoms with E-state index in [1.165, 1.54) is 131 Å². The molecule has 1 nitrogen and oxygen atoms in total. The lowest BCUT2D eigenvalue weighted by atomic mass is 9.83. The van der Waals surface area contributed by atoms with E-state index in [-0.39, 0.29) is 10.8 Å². The summed E-state index contributed by atoms with van der Waals surface area (Å²) in [4.78, 5) is 0. The van der Waals surface area contributed by atoms with Crippen molar-refractivity contribution in [2.45, 2.75) is 52.4 Å². The molecule has 0 saturated heterocycles. The molecule has 12 aromatic carbocycles. The van der Waals surface area contributed by atoms with Gasteiger partial charge in [-0.25, -0.2) is 0 Å². The Hall–Kier alpha value is -7.22. The lowest BCUT2D eigenvalue weighted by molar-refractivity contribution is 0.591. The van der Waals surface area contributed by atoms with Crippen LogP contribution in [0.1, 0.15) is 52.7 Å². The lowest BCUT2D eigenvalue weighted by Gasteiger charge is -2.21. The number of rotatable bonds is 3. The third-order valence-corrected chi connectivity index (χ3v) is 14.2. The molecule has 63 heavy (non-hydrogen) atoms. The smallest absolute Gasteiger partial charge is 0.0619 e. The van der Waals surface area contributed by atoms with Crippen molar-refractivity contribution >= 4 is 97.2 Å². The van der Waals surface area contributed by atoms with E-state index >= 15 is 0 Å². The minimum atomic E-state index is 0.0952. The maximum Gasteiger partial charge on any atom is 0.0619 e. The summed E-state index contributed by atoms with van der Waals surface area (Å²) in [5.74, 6) is 0. The summed E-state index contributed by atoms with van der Waals surface area (Å²) >= 11 is 0. The fourth-order valence-corrected chi connectivity index (χ4v) is 10.9. The van der Waals surface area contributed by atoms with Gasteiger partial charge in [0.2, 0.25) is 0 Å². The molecule has 13 aromatic rings. The van der Waals surface area contributed by atoms with Gasteiger partial charge in [-0.05, 0) is 163 Å². The minimum absolute atomic E-state index is 0.0952. The van der Waals surface area contributed by atoms with E-state index in [9.17, 15) is 0 Å². The molecule has 13 rings (SSSR count). The number of hydrogen-bond acceptors (Lipinski definition) is 0. The molecule has 0 N–H and O–H groups in total. The van der Waals surface area contributed by atoms with E-state index in [1.54, 1.807) is 0 Å². The molecule has 0 unspecified atom stereocenters. The molecule has 0 amide bonds. The summed E-state index contributed by atoms with van der Waals surface area (Å²) in [7, 11) is 0. The Balaban J connectivity index is 0.964. The molecule has 0 spiro atoms. The van der Waals surface area contributed by atoms with Crippen LogP contribution in [0.3, 0.4) is 0 Å². The molecule has 1 heteroatoms. The molecule has 0 radical (unpaired) electrons. The fourth-order valence-electron chi connectivity index (χ4n) is 10.9. The van der Waals surface area contributed by atoms with Crippen molar-refractivity contribution in [3.8, 4) is 27.9 Å². The van der Waals surface area contributed by atoms with Crippen molar-refractivity contribution in [3.05, 3.63) is 187 Å². The maximum absolute atomic E-state index is 2.49. The van der Waals surface area contributed by atoms with Gasteiger partial charge in [0.05, 0.1) is 11.0 Å².